The predicted molar refractivity (Wildman–Crippen MR) is 122 cm³/mol. The van der Waals surface area contributed by atoms with Gasteiger partial charge in [-0.1, -0.05) is 13.8 Å². The summed E-state index contributed by atoms with van der Waals surface area (Å²) in [6.07, 6.45) is 5.52. The van der Waals surface area contributed by atoms with E-state index in [1.807, 2.05) is 6.92 Å². The van der Waals surface area contributed by atoms with Crippen LogP contribution in [0.25, 0.3) is 0 Å². The van der Waals surface area contributed by atoms with Gasteiger partial charge in [0.05, 0.1) is 5.75 Å². The van der Waals surface area contributed by atoms with E-state index in [1.54, 1.807) is 7.05 Å². The Hall–Kier alpha value is -0.0900. The van der Waals surface area contributed by atoms with Crippen LogP contribution in [0.5, 0.6) is 0 Å². The lowest BCUT2D eigenvalue weighted by molar-refractivity contribution is 0.139. The number of unbranched alkanes of at least 4 members (excludes halogenated alkanes) is 1. The summed E-state index contributed by atoms with van der Waals surface area (Å²) in [6.45, 7) is 11.2. The van der Waals surface area contributed by atoms with Gasteiger partial charge in [0.15, 0.2) is 5.96 Å². The summed E-state index contributed by atoms with van der Waals surface area (Å²) in [4.78, 5) is 6.81. The third kappa shape index (κ3) is 12.3. The molecule has 1 aliphatic heterocycles. The van der Waals surface area contributed by atoms with E-state index in [0.717, 1.165) is 30.8 Å². The molecule has 0 spiro atoms. The molecule has 2 N–H and O–H groups in total. The van der Waals surface area contributed by atoms with E-state index in [-0.39, 0.29) is 35.8 Å². The van der Waals surface area contributed by atoms with Crippen molar-refractivity contribution in [1.82, 2.24) is 15.5 Å². The molecule has 26 heavy (non-hydrogen) atoms. The number of nitrogens with zero attached hydrogens (tertiary/aromatic N) is 2. The topological polar surface area (TPSA) is 73.8 Å². The van der Waals surface area contributed by atoms with Gasteiger partial charge in [-0.15, -0.1) is 24.0 Å². The van der Waals surface area contributed by atoms with Gasteiger partial charge in [-0.2, -0.15) is 0 Å². The number of halogens is 1. The first-order valence-electron chi connectivity index (χ1n) is 9.57. The second kappa shape index (κ2) is 13.1. The first kappa shape index (κ1) is 25.9. The fourth-order valence-electron chi connectivity index (χ4n) is 3.53. The molecular formula is C18H39IN4O2S. The van der Waals surface area contributed by atoms with Gasteiger partial charge in [0.2, 0.25) is 0 Å². The Bertz CT molecular complexity index is 503. The molecule has 0 aromatic carbocycles. The second-order valence-electron chi connectivity index (χ2n) is 7.88. The Morgan fingerprint density at radius 2 is 1.85 bits per heavy atom. The molecule has 0 aromatic heterocycles. The van der Waals surface area contributed by atoms with Gasteiger partial charge in [0, 0.05) is 39.0 Å². The number of hydrogen-bond acceptors (Lipinski definition) is 4. The number of hydrogen-bond donors (Lipinski definition) is 2. The standard InChI is InChI=1S/C18H38N4O2S.HI/c1-15-12-16(2)14-22(13-15)10-7-6-9-20-18(19-4)21-17(3)8-11-25(5,23)24;/h15-17H,6-14H2,1-5H3,(H2,19,20,21);1H. The molecule has 1 saturated heterocycles. The van der Waals surface area contributed by atoms with E-state index in [0.29, 0.717) is 6.42 Å². The van der Waals surface area contributed by atoms with Crippen LogP contribution in [0.2, 0.25) is 0 Å². The van der Waals surface area contributed by atoms with E-state index in [1.165, 1.54) is 38.7 Å². The lowest BCUT2D eigenvalue weighted by atomic mass is 9.92. The molecular weight excluding hydrogens is 463 g/mol. The van der Waals surface area contributed by atoms with Gasteiger partial charge in [-0.3, -0.25) is 4.99 Å². The van der Waals surface area contributed by atoms with Gasteiger partial charge in [0.25, 0.3) is 0 Å². The number of guanidine groups is 1. The van der Waals surface area contributed by atoms with Crippen LogP contribution in [0.15, 0.2) is 4.99 Å². The van der Waals surface area contributed by atoms with Crippen LogP contribution in [0.4, 0.5) is 0 Å². The molecule has 0 radical (unpaired) electrons. The van der Waals surface area contributed by atoms with Crippen LogP contribution >= 0.6 is 24.0 Å². The number of likely N-dealkylation sites (tertiary alicyclic amines) is 1. The molecule has 0 aliphatic carbocycles. The highest BCUT2D eigenvalue weighted by Gasteiger charge is 2.20. The van der Waals surface area contributed by atoms with E-state index < -0.39 is 9.84 Å². The Labute approximate surface area is 177 Å². The molecule has 6 nitrogen and oxygen atoms in total. The SMILES string of the molecule is CN=C(NCCCCN1CC(C)CC(C)C1)NC(C)CCS(C)(=O)=O.I. The maximum Gasteiger partial charge on any atom is 0.191 e. The van der Waals surface area contributed by atoms with Gasteiger partial charge in [0.1, 0.15) is 9.84 Å². The largest absolute Gasteiger partial charge is 0.356 e. The third-order valence-electron chi connectivity index (χ3n) is 4.67. The maximum atomic E-state index is 11.2. The zero-order valence-corrected chi connectivity index (χ0v) is 20.3. The molecule has 3 atom stereocenters. The van der Waals surface area contributed by atoms with Gasteiger partial charge in [-0.25, -0.2) is 8.42 Å². The van der Waals surface area contributed by atoms with Crippen molar-refractivity contribution in [3.8, 4) is 0 Å². The van der Waals surface area contributed by atoms with Crippen LogP contribution in [-0.4, -0.2) is 70.6 Å². The number of sulfone groups is 1. The zero-order valence-electron chi connectivity index (χ0n) is 17.1. The Balaban J connectivity index is 0.00000625. The maximum absolute atomic E-state index is 11.2. The summed E-state index contributed by atoms with van der Waals surface area (Å²) in [7, 11) is -1.16. The van der Waals surface area contributed by atoms with Gasteiger partial charge >= 0.3 is 0 Å². The van der Waals surface area contributed by atoms with Crippen molar-refractivity contribution < 1.29 is 8.42 Å². The summed E-state index contributed by atoms with van der Waals surface area (Å²) in [5.74, 6) is 2.59. The minimum absolute atomic E-state index is 0. The van der Waals surface area contributed by atoms with Crippen molar-refractivity contribution in [1.29, 1.82) is 0 Å². The van der Waals surface area contributed by atoms with Crippen LogP contribution in [0.1, 0.15) is 46.5 Å². The highest BCUT2D eigenvalue weighted by Crippen LogP contribution is 2.20. The third-order valence-corrected chi connectivity index (χ3v) is 5.64. The van der Waals surface area contributed by atoms with Crippen LogP contribution in [-0.2, 0) is 9.84 Å². The van der Waals surface area contributed by atoms with E-state index in [4.69, 9.17) is 0 Å². The second-order valence-corrected chi connectivity index (χ2v) is 10.1. The lowest BCUT2D eigenvalue weighted by Gasteiger charge is -2.34. The number of nitrogens with one attached hydrogen (secondary N) is 2. The van der Waals surface area contributed by atoms with Crippen molar-refractivity contribution in [2.75, 3.05) is 45.2 Å². The molecule has 8 heteroatoms. The molecule has 0 saturated carbocycles. The lowest BCUT2D eigenvalue weighted by Crippen LogP contribution is -2.43. The quantitative estimate of drug-likeness (QED) is 0.219. The monoisotopic (exact) mass is 502 g/mol. The Morgan fingerprint density at radius 1 is 1.23 bits per heavy atom. The molecule has 3 unspecified atom stereocenters. The molecule has 1 heterocycles. The molecule has 0 bridgehead atoms. The van der Waals surface area contributed by atoms with E-state index in [2.05, 4.69) is 34.4 Å². The van der Waals surface area contributed by atoms with Crippen LogP contribution < -0.4 is 10.6 Å². The first-order valence-corrected chi connectivity index (χ1v) is 11.6. The molecule has 0 aromatic rings. The van der Waals surface area contributed by atoms with Crippen molar-refractivity contribution >= 4 is 39.8 Å². The van der Waals surface area contributed by atoms with Crippen molar-refractivity contribution in [2.45, 2.75) is 52.5 Å². The minimum atomic E-state index is -2.91. The van der Waals surface area contributed by atoms with Gasteiger partial charge in [-0.05, 0) is 51.0 Å². The summed E-state index contributed by atoms with van der Waals surface area (Å²) in [5, 5.41) is 6.58. The van der Waals surface area contributed by atoms with Crippen molar-refractivity contribution in [3.63, 3.8) is 0 Å². The van der Waals surface area contributed by atoms with Gasteiger partial charge < -0.3 is 15.5 Å². The van der Waals surface area contributed by atoms with E-state index in [9.17, 15) is 8.42 Å². The number of aliphatic imine (C=N–C) groups is 1. The normalized spacial score (nSPS) is 23.2. The predicted octanol–water partition coefficient (Wildman–Crippen LogP) is 2.35. The fraction of sp³-hybridized carbons (Fsp3) is 0.944. The molecule has 0 amide bonds. The summed E-state index contributed by atoms with van der Waals surface area (Å²) >= 11 is 0. The summed E-state index contributed by atoms with van der Waals surface area (Å²) < 4.78 is 22.5. The fourth-order valence-corrected chi connectivity index (χ4v) is 4.31. The van der Waals surface area contributed by atoms with Crippen LogP contribution in [0.3, 0.4) is 0 Å². The van der Waals surface area contributed by atoms with Crippen LogP contribution in [0, 0.1) is 11.8 Å². The molecule has 156 valence electrons. The average molecular weight is 503 g/mol. The van der Waals surface area contributed by atoms with E-state index >= 15 is 0 Å². The number of piperidine rings is 1. The highest BCUT2D eigenvalue weighted by molar-refractivity contribution is 14.0. The summed E-state index contributed by atoms with van der Waals surface area (Å²) in [6, 6.07) is 0.0808. The Kier molecular flexibility index (Phi) is 13.1. The average Bonchev–Trinajstić information content (AvgIpc) is 2.50. The first-order chi connectivity index (χ1) is 11.7. The van der Waals surface area contributed by atoms with Crippen molar-refractivity contribution in [2.24, 2.45) is 16.8 Å². The zero-order chi connectivity index (χ0) is 18.9. The summed E-state index contributed by atoms with van der Waals surface area (Å²) in [5.41, 5.74) is 0. The number of rotatable bonds is 9. The molecule has 1 fully saturated rings. The van der Waals surface area contributed by atoms with Crippen molar-refractivity contribution in [3.05, 3.63) is 0 Å². The minimum Gasteiger partial charge on any atom is -0.356 e. The highest BCUT2D eigenvalue weighted by atomic mass is 127. The molecule has 1 aliphatic rings. The smallest absolute Gasteiger partial charge is 0.191 e. The molecule has 1 rings (SSSR count). The Morgan fingerprint density at radius 3 is 2.38 bits per heavy atom.